The number of anilines is 1. The Hall–Kier alpha value is -4.06. The molecule has 0 aliphatic rings. The van der Waals surface area contributed by atoms with E-state index >= 15 is 0 Å². The molecule has 0 saturated carbocycles. The standard InChI is InChI=1S/C27H30N5O7P/c1-31(2)9-5-6-25(33)30-21-10-19(11-22(14-21)37-3)20-12-23-24(18-7-8-28-26(13-18)38-4)16-32(27(23)29-15-20)17-39-40(34,35)36/h5-8,10-16H,9,17H2,1-4H3,(H,30,33)(H2,34,35,36). The predicted molar refractivity (Wildman–Crippen MR) is 151 cm³/mol. The van der Waals surface area contributed by atoms with Crippen LogP contribution in [0.4, 0.5) is 5.69 Å². The number of rotatable bonds is 11. The van der Waals surface area contributed by atoms with E-state index in [2.05, 4.69) is 15.3 Å². The number of hydrogen-bond acceptors (Lipinski definition) is 8. The van der Waals surface area contributed by atoms with Gasteiger partial charge in [0.05, 0.1) is 14.2 Å². The lowest BCUT2D eigenvalue weighted by Crippen LogP contribution is -2.13. The van der Waals surface area contributed by atoms with Gasteiger partial charge in [-0.1, -0.05) is 6.08 Å². The smallest absolute Gasteiger partial charge is 0.471 e. The summed E-state index contributed by atoms with van der Waals surface area (Å²) in [5, 5.41) is 3.56. The number of aromatic nitrogens is 3. The molecule has 13 heteroatoms. The predicted octanol–water partition coefficient (Wildman–Crippen LogP) is 3.91. The van der Waals surface area contributed by atoms with Crippen LogP contribution in [0.15, 0.2) is 67.1 Å². The number of hydrogen-bond donors (Lipinski definition) is 3. The highest BCUT2D eigenvalue weighted by Crippen LogP contribution is 2.39. The number of methoxy groups -OCH3 is 2. The molecule has 3 N–H and O–H groups in total. The number of ether oxygens (including phenoxy) is 2. The van der Waals surface area contributed by atoms with Gasteiger partial charge in [-0.15, -0.1) is 0 Å². The van der Waals surface area contributed by atoms with Gasteiger partial charge in [0.25, 0.3) is 0 Å². The van der Waals surface area contributed by atoms with E-state index in [0.29, 0.717) is 34.9 Å². The maximum absolute atomic E-state index is 12.4. The van der Waals surface area contributed by atoms with Crippen LogP contribution in [0.2, 0.25) is 0 Å². The number of carbonyl (C=O) groups excluding carboxylic acids is 1. The Labute approximate surface area is 231 Å². The summed E-state index contributed by atoms with van der Waals surface area (Å²) in [5.74, 6) is 0.671. The molecule has 0 atom stereocenters. The zero-order chi connectivity index (χ0) is 28.9. The minimum atomic E-state index is -4.71. The molecule has 210 valence electrons. The number of phosphoric acid groups is 1. The molecule has 3 heterocycles. The molecule has 40 heavy (non-hydrogen) atoms. The Morgan fingerprint density at radius 3 is 2.58 bits per heavy atom. The first-order valence-corrected chi connectivity index (χ1v) is 13.6. The average molecular weight is 568 g/mol. The summed E-state index contributed by atoms with van der Waals surface area (Å²) < 4.78 is 28.4. The van der Waals surface area contributed by atoms with Gasteiger partial charge in [-0.2, -0.15) is 0 Å². The molecule has 4 aromatic rings. The maximum atomic E-state index is 12.4. The van der Waals surface area contributed by atoms with Crippen molar-refractivity contribution in [3.63, 3.8) is 0 Å². The highest BCUT2D eigenvalue weighted by Gasteiger charge is 2.18. The van der Waals surface area contributed by atoms with Crippen LogP contribution in [0.5, 0.6) is 11.6 Å². The van der Waals surface area contributed by atoms with Crippen molar-refractivity contribution in [2.24, 2.45) is 0 Å². The van der Waals surface area contributed by atoms with Gasteiger partial charge in [0.1, 0.15) is 18.1 Å². The van der Waals surface area contributed by atoms with Crippen molar-refractivity contribution in [1.29, 1.82) is 0 Å². The molecule has 0 radical (unpaired) electrons. The Balaban J connectivity index is 1.77. The Bertz CT molecular complexity index is 1600. The quantitative estimate of drug-likeness (QED) is 0.180. The Kier molecular flexibility index (Phi) is 8.98. The monoisotopic (exact) mass is 567 g/mol. The van der Waals surface area contributed by atoms with Crippen LogP contribution in [0.25, 0.3) is 33.3 Å². The van der Waals surface area contributed by atoms with Gasteiger partial charge in [0.15, 0.2) is 0 Å². The van der Waals surface area contributed by atoms with Gasteiger partial charge in [0, 0.05) is 65.5 Å². The van der Waals surface area contributed by atoms with Gasteiger partial charge in [-0.25, -0.2) is 14.5 Å². The number of nitrogens with zero attached hydrogens (tertiary/aromatic N) is 4. The molecule has 12 nitrogen and oxygen atoms in total. The van der Waals surface area contributed by atoms with Crippen LogP contribution in [0.3, 0.4) is 0 Å². The molecule has 1 aromatic carbocycles. The fourth-order valence-electron chi connectivity index (χ4n) is 3.99. The van der Waals surface area contributed by atoms with Crippen LogP contribution in [-0.2, 0) is 20.6 Å². The van der Waals surface area contributed by atoms with Crippen LogP contribution in [-0.4, -0.2) is 70.0 Å². The summed E-state index contributed by atoms with van der Waals surface area (Å²) in [5.41, 5.74) is 3.93. The van der Waals surface area contributed by atoms with E-state index < -0.39 is 14.6 Å². The summed E-state index contributed by atoms with van der Waals surface area (Å²) in [7, 11) is 2.17. The van der Waals surface area contributed by atoms with Gasteiger partial charge < -0.3 is 34.0 Å². The highest BCUT2D eigenvalue weighted by molar-refractivity contribution is 7.46. The Morgan fingerprint density at radius 1 is 1.07 bits per heavy atom. The topological polar surface area (TPSA) is 148 Å². The molecule has 3 aromatic heterocycles. The van der Waals surface area contributed by atoms with Crippen LogP contribution in [0, 0.1) is 0 Å². The summed E-state index contributed by atoms with van der Waals surface area (Å²) >= 11 is 0. The summed E-state index contributed by atoms with van der Waals surface area (Å²) in [4.78, 5) is 41.6. The van der Waals surface area contributed by atoms with Crippen molar-refractivity contribution in [3.05, 3.63) is 67.1 Å². The molecule has 4 rings (SSSR count). The van der Waals surface area contributed by atoms with Gasteiger partial charge in [0.2, 0.25) is 11.8 Å². The molecule has 0 bridgehead atoms. The Morgan fingerprint density at radius 2 is 1.88 bits per heavy atom. The van der Waals surface area contributed by atoms with E-state index in [4.69, 9.17) is 14.0 Å². The number of nitrogens with one attached hydrogen (secondary N) is 1. The maximum Gasteiger partial charge on any atom is 0.471 e. The molecular formula is C27H30N5O7P. The summed E-state index contributed by atoms with van der Waals surface area (Å²) in [6.45, 7) is 0.221. The molecule has 0 aliphatic carbocycles. The van der Waals surface area contributed by atoms with E-state index in [0.717, 1.165) is 22.3 Å². The molecule has 0 spiro atoms. The number of pyridine rings is 2. The first-order chi connectivity index (χ1) is 19.1. The number of fused-ring (bicyclic) bond motifs is 1. The third-order valence-electron chi connectivity index (χ3n) is 5.82. The fourth-order valence-corrected chi connectivity index (χ4v) is 4.27. The number of benzene rings is 1. The van der Waals surface area contributed by atoms with Crippen LogP contribution >= 0.6 is 7.82 Å². The van der Waals surface area contributed by atoms with Gasteiger partial charge in [-0.05, 0) is 49.5 Å². The van der Waals surface area contributed by atoms with Crippen molar-refractivity contribution in [3.8, 4) is 33.9 Å². The molecule has 0 unspecified atom stereocenters. The largest absolute Gasteiger partial charge is 0.497 e. The first kappa shape index (κ1) is 28.9. The lowest BCUT2D eigenvalue weighted by molar-refractivity contribution is -0.111. The lowest BCUT2D eigenvalue weighted by atomic mass is 10.0. The normalized spacial score (nSPS) is 11.9. The van der Waals surface area contributed by atoms with E-state index in [1.54, 1.807) is 50.0 Å². The highest BCUT2D eigenvalue weighted by atomic mass is 31.2. The van der Waals surface area contributed by atoms with Crippen molar-refractivity contribution in [2.45, 2.75) is 6.73 Å². The van der Waals surface area contributed by atoms with Crippen molar-refractivity contribution in [2.75, 3.05) is 40.2 Å². The first-order valence-electron chi connectivity index (χ1n) is 12.1. The lowest BCUT2D eigenvalue weighted by Gasteiger charge is -2.11. The van der Waals surface area contributed by atoms with Crippen LogP contribution < -0.4 is 14.8 Å². The van der Waals surface area contributed by atoms with Crippen molar-refractivity contribution >= 4 is 30.5 Å². The second-order valence-corrected chi connectivity index (χ2v) is 10.3. The van der Waals surface area contributed by atoms with Gasteiger partial charge in [-0.3, -0.25) is 9.32 Å². The molecule has 0 saturated heterocycles. The molecule has 0 fully saturated rings. The average Bonchev–Trinajstić information content (AvgIpc) is 3.29. The zero-order valence-electron chi connectivity index (χ0n) is 22.4. The number of phosphoric ester groups is 1. The van der Waals surface area contributed by atoms with Crippen molar-refractivity contribution < 1.29 is 33.1 Å². The number of likely N-dealkylation sites (N-methyl/N-ethyl adjacent to an activating group) is 1. The zero-order valence-corrected chi connectivity index (χ0v) is 23.3. The van der Waals surface area contributed by atoms with E-state index in [-0.39, 0.29) is 5.91 Å². The third-order valence-corrected chi connectivity index (χ3v) is 6.27. The molecule has 1 amide bonds. The number of amides is 1. The second kappa shape index (κ2) is 12.4. The summed E-state index contributed by atoms with van der Waals surface area (Å²) in [6, 6.07) is 10.8. The molecule has 0 aliphatic heterocycles. The van der Waals surface area contributed by atoms with Gasteiger partial charge >= 0.3 is 7.82 Å². The number of carbonyl (C=O) groups is 1. The van der Waals surface area contributed by atoms with E-state index in [1.165, 1.54) is 17.8 Å². The molecular weight excluding hydrogens is 537 g/mol. The van der Waals surface area contributed by atoms with Crippen molar-refractivity contribution in [1.82, 2.24) is 19.4 Å². The third kappa shape index (κ3) is 7.32. The summed E-state index contributed by atoms with van der Waals surface area (Å²) in [6.07, 6.45) is 8.17. The SMILES string of the molecule is COc1cc(NC(=O)C=CCN(C)C)cc(-c2cnc3c(c2)c(-c2ccnc(OC)c2)cn3COP(=O)(O)O)c1. The second-order valence-electron chi connectivity index (χ2n) is 9.05. The minimum absolute atomic E-state index is 0.273. The van der Waals surface area contributed by atoms with E-state index in [1.807, 2.05) is 37.2 Å². The minimum Gasteiger partial charge on any atom is -0.497 e. The van der Waals surface area contributed by atoms with Crippen LogP contribution in [0.1, 0.15) is 0 Å². The fraction of sp³-hybridized carbons (Fsp3) is 0.222. The van der Waals surface area contributed by atoms with E-state index in [9.17, 15) is 19.1 Å².